The average molecular weight is 428 g/mol. The van der Waals surface area contributed by atoms with E-state index in [-0.39, 0.29) is 18.1 Å². The lowest BCUT2D eigenvalue weighted by molar-refractivity contribution is -0.141. The Kier molecular flexibility index (Phi) is 7.05. The molecule has 0 spiro atoms. The smallest absolute Gasteiger partial charge is 0.434 e. The summed E-state index contributed by atoms with van der Waals surface area (Å²) in [5.74, 6) is 0.0224. The number of hydrogen-bond donors (Lipinski definition) is 0. The first-order valence-corrected chi connectivity index (χ1v) is 10.0. The Labute approximate surface area is 179 Å². The van der Waals surface area contributed by atoms with Crippen LogP contribution in [-0.2, 0) is 12.6 Å². The number of rotatable bonds is 8. The molecule has 0 aliphatic heterocycles. The van der Waals surface area contributed by atoms with E-state index < -0.39 is 17.7 Å². The van der Waals surface area contributed by atoms with Gasteiger partial charge < -0.3 is 4.74 Å². The van der Waals surface area contributed by atoms with Crippen LogP contribution in [0.5, 0.6) is 5.88 Å². The second-order valence-electron chi connectivity index (χ2n) is 7.42. The molecule has 0 N–H and O–H groups in total. The van der Waals surface area contributed by atoms with Gasteiger partial charge in [-0.25, -0.2) is 4.98 Å². The minimum atomic E-state index is -4.64. The van der Waals surface area contributed by atoms with Gasteiger partial charge in [0.2, 0.25) is 5.88 Å². The van der Waals surface area contributed by atoms with E-state index in [1.54, 1.807) is 6.20 Å². The van der Waals surface area contributed by atoms with Gasteiger partial charge in [0.25, 0.3) is 0 Å². The number of ether oxygens (including phenoxy) is 1. The Morgan fingerprint density at radius 3 is 2.32 bits per heavy atom. The van der Waals surface area contributed by atoms with E-state index in [0.717, 1.165) is 22.9 Å². The highest BCUT2D eigenvalue weighted by Gasteiger charge is 2.36. The molecule has 3 aromatic rings. The largest absolute Gasteiger partial charge is 0.475 e. The van der Waals surface area contributed by atoms with Crippen LogP contribution in [-0.4, -0.2) is 21.9 Å². The van der Waals surface area contributed by atoms with Crippen molar-refractivity contribution in [1.29, 1.82) is 0 Å². The minimum Gasteiger partial charge on any atom is -0.475 e. The Morgan fingerprint density at radius 1 is 1.00 bits per heavy atom. The number of ketones is 1. The molecule has 0 aliphatic rings. The number of halogens is 3. The maximum atomic E-state index is 13.0. The second kappa shape index (κ2) is 9.73. The van der Waals surface area contributed by atoms with Crippen molar-refractivity contribution in [1.82, 2.24) is 9.97 Å². The van der Waals surface area contributed by atoms with Crippen molar-refractivity contribution in [2.24, 2.45) is 0 Å². The molecule has 0 fully saturated rings. The van der Waals surface area contributed by atoms with Gasteiger partial charge in [-0.1, -0.05) is 24.3 Å². The van der Waals surface area contributed by atoms with Gasteiger partial charge in [-0.2, -0.15) is 13.2 Å². The van der Waals surface area contributed by atoms with Crippen molar-refractivity contribution in [2.45, 2.75) is 45.4 Å². The van der Waals surface area contributed by atoms with Crippen molar-refractivity contribution >= 4 is 5.78 Å². The summed E-state index contributed by atoms with van der Waals surface area (Å²) in [5.41, 5.74) is 1.46. The molecule has 0 saturated carbocycles. The zero-order valence-electron chi connectivity index (χ0n) is 17.3. The van der Waals surface area contributed by atoms with Crippen LogP contribution < -0.4 is 4.74 Å². The number of alkyl halides is 3. The molecule has 0 amide bonds. The lowest BCUT2D eigenvalue weighted by Crippen LogP contribution is -2.15. The third-order valence-electron chi connectivity index (χ3n) is 4.63. The van der Waals surface area contributed by atoms with E-state index in [1.807, 2.05) is 50.2 Å². The van der Waals surface area contributed by atoms with Crippen LogP contribution in [0.2, 0.25) is 0 Å². The fourth-order valence-corrected chi connectivity index (χ4v) is 3.17. The number of carbonyl (C=O) groups is 1. The monoisotopic (exact) mass is 428 g/mol. The van der Waals surface area contributed by atoms with E-state index in [2.05, 4.69) is 9.97 Å². The van der Waals surface area contributed by atoms with Gasteiger partial charge in [-0.15, -0.1) is 0 Å². The van der Waals surface area contributed by atoms with Gasteiger partial charge in [0, 0.05) is 36.0 Å². The molecule has 2 aromatic heterocycles. The standard InChI is InChI=1S/C24H23F3N2O2/c1-16(2)31-22-13-12-19(15-29-22)18-10-8-17(9-11-18)5-3-7-21(30)20-6-4-14-28-23(20)24(25,26)27/h4,6,8-16H,3,5,7H2,1-2H3. The molecule has 3 rings (SSSR count). The van der Waals surface area contributed by atoms with Crippen LogP contribution in [0.4, 0.5) is 13.2 Å². The molecule has 31 heavy (non-hydrogen) atoms. The summed E-state index contributed by atoms with van der Waals surface area (Å²) >= 11 is 0. The van der Waals surface area contributed by atoms with Crippen molar-refractivity contribution in [3.8, 4) is 17.0 Å². The van der Waals surface area contributed by atoms with Crippen molar-refractivity contribution in [2.75, 3.05) is 0 Å². The van der Waals surface area contributed by atoms with E-state index in [9.17, 15) is 18.0 Å². The predicted octanol–water partition coefficient (Wildman–Crippen LogP) is 6.16. The van der Waals surface area contributed by atoms with Gasteiger partial charge in [0.15, 0.2) is 11.5 Å². The molecule has 0 aliphatic carbocycles. The molecule has 4 nitrogen and oxygen atoms in total. The number of carbonyl (C=O) groups excluding carboxylic acids is 1. The molecule has 0 atom stereocenters. The number of hydrogen-bond acceptors (Lipinski definition) is 4. The maximum absolute atomic E-state index is 13.0. The summed E-state index contributed by atoms with van der Waals surface area (Å²) in [6.07, 6.45) is -0.727. The molecular formula is C24H23F3N2O2. The summed E-state index contributed by atoms with van der Waals surface area (Å²) in [6, 6.07) is 14.1. The zero-order valence-corrected chi connectivity index (χ0v) is 17.3. The second-order valence-corrected chi connectivity index (χ2v) is 7.42. The minimum absolute atomic E-state index is 0.0256. The predicted molar refractivity (Wildman–Crippen MR) is 112 cm³/mol. The highest BCUT2D eigenvalue weighted by Crippen LogP contribution is 2.31. The van der Waals surface area contributed by atoms with Crippen LogP contribution >= 0.6 is 0 Å². The lowest BCUT2D eigenvalue weighted by atomic mass is 9.99. The Balaban J connectivity index is 1.57. The number of nitrogens with zero attached hydrogens (tertiary/aromatic N) is 2. The van der Waals surface area contributed by atoms with Crippen LogP contribution in [0.25, 0.3) is 11.1 Å². The SMILES string of the molecule is CC(C)Oc1ccc(-c2ccc(CCCC(=O)c3cccnc3C(F)(F)F)cc2)cn1. The molecule has 0 saturated heterocycles. The first-order chi connectivity index (χ1) is 14.7. The first-order valence-electron chi connectivity index (χ1n) is 10.0. The summed E-state index contributed by atoms with van der Waals surface area (Å²) in [6.45, 7) is 3.88. The number of pyridine rings is 2. The Bertz CT molecular complexity index is 1010. The van der Waals surface area contributed by atoms with Crippen LogP contribution in [0.3, 0.4) is 0 Å². The summed E-state index contributed by atoms with van der Waals surface area (Å²) < 4.78 is 44.6. The number of Topliss-reactive ketones (excluding diaryl/α,β-unsaturated/α-hetero) is 1. The number of benzene rings is 1. The van der Waals surface area contributed by atoms with Crippen LogP contribution in [0, 0.1) is 0 Å². The average Bonchev–Trinajstić information content (AvgIpc) is 2.74. The molecule has 0 radical (unpaired) electrons. The van der Waals surface area contributed by atoms with E-state index in [4.69, 9.17) is 4.74 Å². The third-order valence-corrected chi connectivity index (χ3v) is 4.63. The topological polar surface area (TPSA) is 52.1 Å². The number of aryl methyl sites for hydroxylation is 1. The fourth-order valence-electron chi connectivity index (χ4n) is 3.17. The van der Waals surface area contributed by atoms with Crippen LogP contribution in [0.1, 0.15) is 48.3 Å². The molecule has 0 bridgehead atoms. The highest BCUT2D eigenvalue weighted by molar-refractivity contribution is 5.97. The lowest BCUT2D eigenvalue weighted by Gasteiger charge is -2.10. The molecule has 1 aromatic carbocycles. The van der Waals surface area contributed by atoms with E-state index in [1.165, 1.54) is 12.1 Å². The van der Waals surface area contributed by atoms with Crippen molar-refractivity contribution < 1.29 is 22.7 Å². The Morgan fingerprint density at radius 2 is 1.71 bits per heavy atom. The van der Waals surface area contributed by atoms with Gasteiger partial charge in [-0.3, -0.25) is 9.78 Å². The first kappa shape index (κ1) is 22.5. The normalized spacial score (nSPS) is 11.5. The van der Waals surface area contributed by atoms with Crippen molar-refractivity contribution in [3.05, 3.63) is 77.7 Å². The molecule has 2 heterocycles. The number of aromatic nitrogens is 2. The van der Waals surface area contributed by atoms with E-state index in [0.29, 0.717) is 18.7 Å². The maximum Gasteiger partial charge on any atom is 0.434 e. The fraction of sp³-hybridized carbons (Fsp3) is 0.292. The molecular weight excluding hydrogens is 405 g/mol. The Hall–Kier alpha value is -3.22. The van der Waals surface area contributed by atoms with Crippen LogP contribution in [0.15, 0.2) is 60.9 Å². The third kappa shape index (κ3) is 6.13. The van der Waals surface area contributed by atoms with Gasteiger partial charge in [-0.05, 0) is 56.0 Å². The van der Waals surface area contributed by atoms with E-state index >= 15 is 0 Å². The van der Waals surface area contributed by atoms with Gasteiger partial charge in [0.05, 0.1) is 6.10 Å². The van der Waals surface area contributed by atoms with Gasteiger partial charge >= 0.3 is 6.18 Å². The molecule has 0 unspecified atom stereocenters. The summed E-state index contributed by atoms with van der Waals surface area (Å²) in [4.78, 5) is 19.9. The highest BCUT2D eigenvalue weighted by atomic mass is 19.4. The summed E-state index contributed by atoms with van der Waals surface area (Å²) in [7, 11) is 0. The van der Waals surface area contributed by atoms with Gasteiger partial charge in [0.1, 0.15) is 0 Å². The zero-order chi connectivity index (χ0) is 22.4. The molecule has 162 valence electrons. The van der Waals surface area contributed by atoms with Crippen molar-refractivity contribution in [3.63, 3.8) is 0 Å². The molecule has 7 heteroatoms. The quantitative estimate of drug-likeness (QED) is 0.404. The summed E-state index contributed by atoms with van der Waals surface area (Å²) in [5, 5.41) is 0.